The Kier molecular flexibility index (Phi) is 9.30. The summed E-state index contributed by atoms with van der Waals surface area (Å²) < 4.78 is 10.9. The highest BCUT2D eigenvalue weighted by Crippen LogP contribution is 2.33. The van der Waals surface area contributed by atoms with Gasteiger partial charge in [-0.05, 0) is 51.3 Å². The predicted molar refractivity (Wildman–Crippen MR) is 166 cm³/mol. The number of nitrogens with one attached hydrogen (secondary N) is 2. The average molecular weight is 541 g/mol. The van der Waals surface area contributed by atoms with E-state index in [-0.39, 0.29) is 11.4 Å². The van der Waals surface area contributed by atoms with Crippen molar-refractivity contribution in [1.82, 2.24) is 4.90 Å². The Morgan fingerprint density at radius 1 is 1.02 bits per heavy atom. The number of hydrogen-bond acceptors (Lipinski definition) is 5. The molecule has 0 aliphatic carbocycles. The largest absolute Gasteiger partial charge is 0.495 e. The third-order valence-electron chi connectivity index (χ3n) is 7.01. The maximum atomic E-state index is 13.1. The molecule has 1 fully saturated rings. The molecule has 0 unspecified atom stereocenters. The van der Waals surface area contributed by atoms with Crippen LogP contribution in [-0.2, 0) is 10.2 Å². The first-order valence-corrected chi connectivity index (χ1v) is 13.6. The highest BCUT2D eigenvalue weighted by Gasteiger charge is 2.18. The first-order chi connectivity index (χ1) is 19.2. The van der Waals surface area contributed by atoms with Crippen LogP contribution in [0.4, 0.5) is 16.2 Å². The Morgan fingerprint density at radius 2 is 1.73 bits per heavy atom. The number of carbonyl (C=O) groups is 1. The first kappa shape index (κ1) is 28.9. The molecule has 1 aliphatic heterocycles. The summed E-state index contributed by atoms with van der Waals surface area (Å²) in [5.41, 5.74) is 11.3. The van der Waals surface area contributed by atoms with Crippen molar-refractivity contribution in [3.05, 3.63) is 96.2 Å². The van der Waals surface area contributed by atoms with Crippen molar-refractivity contribution < 1.29 is 14.3 Å². The topological polar surface area (TPSA) is 88.8 Å². The lowest BCUT2D eigenvalue weighted by Gasteiger charge is -2.26. The molecular weight excluding hydrogens is 500 g/mol. The Hall–Kier alpha value is -4.07. The SMILES string of the molecule is C=C(/C=C\C(=C/N)c1ccc(NC(=O)Nc2cc(C(C)(C)C)ccc2OC)c2ccccc12)CN1CCOCC1. The van der Waals surface area contributed by atoms with Crippen molar-refractivity contribution in [3.8, 4) is 5.75 Å². The van der Waals surface area contributed by atoms with E-state index in [9.17, 15) is 4.79 Å². The number of nitrogens with two attached hydrogens (primary N) is 1. The molecule has 0 atom stereocenters. The second-order valence-corrected chi connectivity index (χ2v) is 11.0. The molecule has 0 radical (unpaired) electrons. The number of amides is 2. The molecule has 1 aliphatic rings. The summed E-state index contributed by atoms with van der Waals surface area (Å²) >= 11 is 0. The molecule has 7 nitrogen and oxygen atoms in total. The molecule has 1 saturated heterocycles. The van der Waals surface area contributed by atoms with Crippen molar-refractivity contribution in [2.45, 2.75) is 26.2 Å². The molecular formula is C33H40N4O3. The highest BCUT2D eigenvalue weighted by atomic mass is 16.5. The molecule has 2 amide bonds. The Bertz CT molecular complexity index is 1430. The number of ether oxygens (including phenoxy) is 2. The Balaban J connectivity index is 1.54. The van der Waals surface area contributed by atoms with Crippen LogP contribution in [-0.4, -0.2) is 50.9 Å². The van der Waals surface area contributed by atoms with Crippen LogP contribution in [0.5, 0.6) is 5.75 Å². The molecule has 4 rings (SSSR count). The third kappa shape index (κ3) is 7.11. The maximum Gasteiger partial charge on any atom is 0.323 e. The number of anilines is 2. The predicted octanol–water partition coefficient (Wildman–Crippen LogP) is 6.53. The number of carbonyl (C=O) groups excluding carboxylic acids is 1. The van der Waals surface area contributed by atoms with E-state index in [1.54, 1.807) is 13.3 Å². The van der Waals surface area contributed by atoms with Gasteiger partial charge in [0.2, 0.25) is 0 Å². The molecule has 7 heteroatoms. The van der Waals surface area contributed by atoms with Crippen LogP contribution in [0.3, 0.4) is 0 Å². The van der Waals surface area contributed by atoms with E-state index in [1.165, 1.54) is 0 Å². The van der Waals surface area contributed by atoms with Gasteiger partial charge in [-0.1, -0.05) is 75.9 Å². The standard InChI is InChI=1S/C33H40N4O3/c1-23(22-37-16-18-40-19-17-37)10-11-24(21-34)26-13-14-29(28-9-7-6-8-27(26)28)35-32(38)36-30-20-25(33(2,3)4)12-15-31(30)39-5/h6-15,20-21H,1,16-19,22,34H2,2-5H3,(H2,35,36,38)/b11-10-,24-21+. The van der Waals surface area contributed by atoms with Crippen LogP contribution >= 0.6 is 0 Å². The minimum absolute atomic E-state index is 0.0667. The summed E-state index contributed by atoms with van der Waals surface area (Å²) in [5, 5.41) is 7.87. The van der Waals surface area contributed by atoms with Gasteiger partial charge in [-0.3, -0.25) is 4.90 Å². The van der Waals surface area contributed by atoms with E-state index < -0.39 is 0 Å². The van der Waals surface area contributed by atoms with Crippen molar-refractivity contribution >= 4 is 33.8 Å². The number of methoxy groups -OCH3 is 1. The van der Waals surface area contributed by atoms with Crippen LogP contribution < -0.4 is 21.1 Å². The number of urea groups is 1. The number of nitrogens with zero attached hydrogens (tertiary/aromatic N) is 1. The van der Waals surface area contributed by atoms with Gasteiger partial charge in [0.05, 0.1) is 31.7 Å². The lowest BCUT2D eigenvalue weighted by Crippen LogP contribution is -2.37. The zero-order valence-electron chi connectivity index (χ0n) is 23.9. The minimum atomic E-state index is -0.351. The fraction of sp³-hybridized carbons (Fsp3) is 0.303. The van der Waals surface area contributed by atoms with Gasteiger partial charge in [-0.2, -0.15) is 0 Å². The third-order valence-corrected chi connectivity index (χ3v) is 7.01. The summed E-state index contributed by atoms with van der Waals surface area (Å²) in [6, 6.07) is 17.3. The smallest absolute Gasteiger partial charge is 0.323 e. The molecule has 0 spiro atoms. The van der Waals surface area contributed by atoms with E-state index in [2.05, 4.69) is 42.9 Å². The molecule has 4 N–H and O–H groups in total. The summed E-state index contributed by atoms with van der Waals surface area (Å²) in [7, 11) is 1.59. The number of morpholine rings is 1. The van der Waals surface area contributed by atoms with E-state index >= 15 is 0 Å². The van der Waals surface area contributed by atoms with Crippen LogP contribution in [0, 0.1) is 0 Å². The van der Waals surface area contributed by atoms with Crippen molar-refractivity contribution in [3.63, 3.8) is 0 Å². The van der Waals surface area contributed by atoms with E-state index in [4.69, 9.17) is 15.2 Å². The number of rotatable bonds is 8. The Morgan fingerprint density at radius 3 is 2.40 bits per heavy atom. The van der Waals surface area contributed by atoms with E-state index in [0.717, 1.165) is 65.9 Å². The Labute approximate surface area is 237 Å². The quantitative estimate of drug-likeness (QED) is 0.283. The van der Waals surface area contributed by atoms with Crippen LogP contribution in [0.25, 0.3) is 16.3 Å². The van der Waals surface area contributed by atoms with Gasteiger partial charge in [-0.25, -0.2) is 4.79 Å². The molecule has 1 heterocycles. The molecule has 210 valence electrons. The van der Waals surface area contributed by atoms with Crippen LogP contribution in [0.2, 0.25) is 0 Å². The fourth-order valence-electron chi connectivity index (χ4n) is 4.75. The molecule has 3 aromatic rings. The second kappa shape index (κ2) is 12.9. The number of benzene rings is 3. The first-order valence-electron chi connectivity index (χ1n) is 13.6. The molecule has 0 aromatic heterocycles. The number of allylic oxidation sites excluding steroid dienone is 2. The lowest BCUT2D eigenvalue weighted by atomic mass is 9.87. The number of fused-ring (bicyclic) bond motifs is 1. The molecule has 0 saturated carbocycles. The van der Waals surface area contributed by atoms with Crippen LogP contribution in [0.15, 0.2) is 85.1 Å². The average Bonchev–Trinajstić information content (AvgIpc) is 2.94. The van der Waals surface area contributed by atoms with Crippen molar-refractivity contribution in [1.29, 1.82) is 0 Å². The van der Waals surface area contributed by atoms with E-state index in [1.807, 2.05) is 66.7 Å². The van der Waals surface area contributed by atoms with Crippen LogP contribution in [0.1, 0.15) is 31.9 Å². The van der Waals surface area contributed by atoms with Gasteiger partial charge < -0.3 is 25.8 Å². The summed E-state index contributed by atoms with van der Waals surface area (Å²) in [6.45, 7) is 14.7. The van der Waals surface area contributed by atoms with Gasteiger partial charge in [0, 0.05) is 31.2 Å². The summed E-state index contributed by atoms with van der Waals surface area (Å²) in [4.78, 5) is 15.5. The zero-order valence-corrected chi connectivity index (χ0v) is 23.9. The normalized spacial score (nSPS) is 14.8. The van der Waals surface area contributed by atoms with E-state index in [0.29, 0.717) is 17.1 Å². The highest BCUT2D eigenvalue weighted by molar-refractivity contribution is 6.09. The number of hydrogen-bond donors (Lipinski definition) is 3. The van der Waals surface area contributed by atoms with Gasteiger partial charge in [0.1, 0.15) is 5.75 Å². The summed E-state index contributed by atoms with van der Waals surface area (Å²) in [5.74, 6) is 0.600. The van der Waals surface area contributed by atoms with Gasteiger partial charge >= 0.3 is 6.03 Å². The second-order valence-electron chi connectivity index (χ2n) is 11.0. The molecule has 40 heavy (non-hydrogen) atoms. The molecule has 3 aromatic carbocycles. The van der Waals surface area contributed by atoms with Crippen molar-refractivity contribution in [2.75, 3.05) is 50.6 Å². The van der Waals surface area contributed by atoms with Gasteiger partial charge in [0.25, 0.3) is 0 Å². The minimum Gasteiger partial charge on any atom is -0.495 e. The summed E-state index contributed by atoms with van der Waals surface area (Å²) in [6.07, 6.45) is 5.62. The maximum absolute atomic E-state index is 13.1. The molecule has 0 bridgehead atoms. The zero-order chi connectivity index (χ0) is 28.7. The monoisotopic (exact) mass is 540 g/mol. The van der Waals surface area contributed by atoms with Gasteiger partial charge in [-0.15, -0.1) is 0 Å². The van der Waals surface area contributed by atoms with Crippen molar-refractivity contribution in [2.24, 2.45) is 5.73 Å². The fourth-order valence-corrected chi connectivity index (χ4v) is 4.75. The van der Waals surface area contributed by atoms with Gasteiger partial charge in [0.15, 0.2) is 0 Å². The lowest BCUT2D eigenvalue weighted by molar-refractivity contribution is 0.0426.